The van der Waals surface area contributed by atoms with Crippen LogP contribution in [-0.4, -0.2) is 23.6 Å². The van der Waals surface area contributed by atoms with Crippen LogP contribution in [0.3, 0.4) is 0 Å². The second-order valence-electron chi connectivity index (χ2n) is 4.93. The van der Waals surface area contributed by atoms with Gasteiger partial charge in [-0.2, -0.15) is 4.98 Å². The van der Waals surface area contributed by atoms with Crippen molar-refractivity contribution < 1.29 is 4.74 Å². The van der Waals surface area contributed by atoms with Gasteiger partial charge in [-0.1, -0.05) is 33.4 Å². The summed E-state index contributed by atoms with van der Waals surface area (Å²) in [5, 5.41) is 3.07. The number of ether oxygens (including phenoxy) is 1. The Balaban J connectivity index is 3.23. The van der Waals surface area contributed by atoms with Crippen LogP contribution in [-0.2, 0) is 5.41 Å². The molecule has 4 nitrogen and oxygen atoms in total. The molecule has 4 heteroatoms. The molecule has 0 aromatic carbocycles. The van der Waals surface area contributed by atoms with E-state index in [2.05, 4.69) is 42.6 Å². The van der Waals surface area contributed by atoms with E-state index in [1.165, 1.54) is 0 Å². The van der Waals surface area contributed by atoms with Gasteiger partial charge in [-0.15, -0.1) is 0 Å². The third kappa shape index (κ3) is 3.19. The van der Waals surface area contributed by atoms with Crippen LogP contribution in [0.15, 0.2) is 12.7 Å². The van der Waals surface area contributed by atoms with Gasteiger partial charge in [0.1, 0.15) is 18.2 Å². The van der Waals surface area contributed by atoms with E-state index < -0.39 is 0 Å². The maximum atomic E-state index is 5.56. The fourth-order valence-electron chi connectivity index (χ4n) is 1.35. The smallest absolute Gasteiger partial charge is 0.222 e. The molecule has 0 aliphatic carbocycles. The van der Waals surface area contributed by atoms with Crippen molar-refractivity contribution in [2.24, 2.45) is 0 Å². The Morgan fingerprint density at radius 1 is 1.35 bits per heavy atom. The first-order valence-corrected chi connectivity index (χ1v) is 5.70. The predicted octanol–water partition coefficient (Wildman–Crippen LogP) is 2.69. The van der Waals surface area contributed by atoms with E-state index in [0.29, 0.717) is 12.5 Å². The van der Waals surface area contributed by atoms with Crippen LogP contribution >= 0.6 is 0 Å². The molecule has 0 unspecified atom stereocenters. The van der Waals surface area contributed by atoms with Crippen LogP contribution in [0.1, 0.15) is 32.2 Å². The molecule has 1 heterocycles. The number of nitrogens with one attached hydrogen (secondary N) is 1. The van der Waals surface area contributed by atoms with Gasteiger partial charge in [0.2, 0.25) is 5.88 Å². The first-order chi connectivity index (χ1) is 7.90. The molecule has 0 saturated heterocycles. The lowest BCUT2D eigenvalue weighted by Gasteiger charge is -2.20. The highest BCUT2D eigenvalue weighted by Crippen LogP contribution is 2.27. The van der Waals surface area contributed by atoms with Gasteiger partial charge >= 0.3 is 0 Å². The van der Waals surface area contributed by atoms with Crippen molar-refractivity contribution in [3.05, 3.63) is 24.0 Å². The van der Waals surface area contributed by atoms with Gasteiger partial charge in [0.25, 0.3) is 0 Å². The topological polar surface area (TPSA) is 47.0 Å². The highest BCUT2D eigenvalue weighted by molar-refractivity contribution is 5.48. The molecule has 0 amide bonds. The van der Waals surface area contributed by atoms with Gasteiger partial charge in [-0.25, -0.2) is 4.98 Å². The Bertz CT molecular complexity index is 408. The molecular weight excluding hydrogens is 214 g/mol. The fraction of sp³-hybridized carbons (Fsp3) is 0.538. The molecule has 0 saturated carbocycles. The first kappa shape index (κ1) is 13.5. The molecule has 1 N–H and O–H groups in total. The molecule has 94 valence electrons. The highest BCUT2D eigenvalue weighted by atomic mass is 16.5. The normalized spacial score (nSPS) is 11.1. The lowest BCUT2D eigenvalue weighted by atomic mass is 9.95. The van der Waals surface area contributed by atoms with E-state index in [9.17, 15) is 0 Å². The second kappa shape index (κ2) is 5.17. The summed E-state index contributed by atoms with van der Waals surface area (Å²) in [6.07, 6.45) is 1.71. The standard InChI is InChI=1S/C13H21N3O/c1-7-8-17-11-9(2)10(14-6)15-12(16-11)13(3,4)5/h7H,1,8H2,2-6H3,(H,14,15,16). The minimum absolute atomic E-state index is 0.106. The Hall–Kier alpha value is -1.58. The summed E-state index contributed by atoms with van der Waals surface area (Å²) in [4.78, 5) is 8.97. The summed E-state index contributed by atoms with van der Waals surface area (Å²) >= 11 is 0. The number of rotatable bonds is 4. The van der Waals surface area contributed by atoms with E-state index in [-0.39, 0.29) is 5.41 Å². The van der Waals surface area contributed by atoms with Crippen molar-refractivity contribution in [1.82, 2.24) is 9.97 Å². The number of nitrogens with zero attached hydrogens (tertiary/aromatic N) is 2. The maximum Gasteiger partial charge on any atom is 0.222 e. The third-order valence-corrected chi connectivity index (χ3v) is 2.35. The molecule has 0 atom stereocenters. The SMILES string of the molecule is C=CCOc1nc(C(C)(C)C)nc(NC)c1C. The van der Waals surface area contributed by atoms with Crippen molar-refractivity contribution in [2.75, 3.05) is 19.0 Å². The van der Waals surface area contributed by atoms with Gasteiger partial charge in [0.15, 0.2) is 0 Å². The van der Waals surface area contributed by atoms with E-state index in [1.54, 1.807) is 6.08 Å². The molecule has 0 fully saturated rings. The van der Waals surface area contributed by atoms with Crippen LogP contribution in [0, 0.1) is 6.92 Å². The van der Waals surface area contributed by atoms with E-state index in [4.69, 9.17) is 4.74 Å². The quantitative estimate of drug-likeness (QED) is 0.815. The van der Waals surface area contributed by atoms with Gasteiger partial charge < -0.3 is 10.1 Å². The van der Waals surface area contributed by atoms with Crippen molar-refractivity contribution in [2.45, 2.75) is 33.1 Å². The highest BCUT2D eigenvalue weighted by Gasteiger charge is 2.21. The number of hydrogen-bond acceptors (Lipinski definition) is 4. The largest absolute Gasteiger partial charge is 0.473 e. The fourth-order valence-corrected chi connectivity index (χ4v) is 1.35. The number of hydrogen-bond donors (Lipinski definition) is 1. The molecule has 0 aliphatic rings. The van der Waals surface area contributed by atoms with E-state index in [1.807, 2.05) is 14.0 Å². The summed E-state index contributed by atoms with van der Waals surface area (Å²) in [7, 11) is 1.85. The lowest BCUT2D eigenvalue weighted by Crippen LogP contribution is -2.18. The van der Waals surface area contributed by atoms with Gasteiger partial charge in [0.05, 0.1) is 5.56 Å². The zero-order valence-electron chi connectivity index (χ0n) is 11.3. The van der Waals surface area contributed by atoms with Crippen molar-refractivity contribution in [3.63, 3.8) is 0 Å². The molecule has 17 heavy (non-hydrogen) atoms. The Kier molecular flexibility index (Phi) is 4.10. The zero-order valence-corrected chi connectivity index (χ0v) is 11.3. The summed E-state index contributed by atoms with van der Waals surface area (Å²) < 4.78 is 5.56. The molecule has 1 aromatic rings. The van der Waals surface area contributed by atoms with Gasteiger partial charge in [-0.05, 0) is 6.92 Å². The van der Waals surface area contributed by atoms with Crippen molar-refractivity contribution in [3.8, 4) is 5.88 Å². The van der Waals surface area contributed by atoms with Crippen LogP contribution < -0.4 is 10.1 Å². The van der Waals surface area contributed by atoms with Crippen molar-refractivity contribution >= 4 is 5.82 Å². The molecule has 1 aromatic heterocycles. The van der Waals surface area contributed by atoms with Gasteiger partial charge in [-0.3, -0.25) is 0 Å². The molecule has 0 bridgehead atoms. The summed E-state index contributed by atoms with van der Waals surface area (Å²) in [5.41, 5.74) is 0.813. The van der Waals surface area contributed by atoms with Crippen molar-refractivity contribution in [1.29, 1.82) is 0 Å². The second-order valence-corrected chi connectivity index (χ2v) is 4.93. The van der Waals surface area contributed by atoms with Crippen LogP contribution in [0.5, 0.6) is 5.88 Å². The summed E-state index contributed by atoms with van der Waals surface area (Å²) in [5.74, 6) is 2.20. The first-order valence-electron chi connectivity index (χ1n) is 5.70. The average molecular weight is 235 g/mol. The molecule has 1 rings (SSSR count). The molecular formula is C13H21N3O. The van der Waals surface area contributed by atoms with Crippen LogP contribution in [0.25, 0.3) is 0 Å². The Morgan fingerprint density at radius 2 is 2.00 bits per heavy atom. The monoisotopic (exact) mass is 235 g/mol. The van der Waals surface area contributed by atoms with Crippen LogP contribution in [0.4, 0.5) is 5.82 Å². The summed E-state index contributed by atoms with van der Waals surface area (Å²) in [6, 6.07) is 0. The Morgan fingerprint density at radius 3 is 2.47 bits per heavy atom. The number of anilines is 1. The number of aromatic nitrogens is 2. The van der Waals surface area contributed by atoms with E-state index in [0.717, 1.165) is 17.2 Å². The Labute approximate surface area is 103 Å². The summed E-state index contributed by atoms with van der Waals surface area (Å²) in [6.45, 7) is 12.3. The van der Waals surface area contributed by atoms with E-state index >= 15 is 0 Å². The molecule has 0 radical (unpaired) electrons. The molecule has 0 spiro atoms. The minimum Gasteiger partial charge on any atom is -0.473 e. The third-order valence-electron chi connectivity index (χ3n) is 2.35. The average Bonchev–Trinajstić information content (AvgIpc) is 2.26. The minimum atomic E-state index is -0.106. The van der Waals surface area contributed by atoms with Crippen LogP contribution in [0.2, 0.25) is 0 Å². The van der Waals surface area contributed by atoms with Gasteiger partial charge in [0, 0.05) is 12.5 Å². The maximum absolute atomic E-state index is 5.56. The zero-order chi connectivity index (χ0) is 13.1. The predicted molar refractivity (Wildman–Crippen MR) is 70.7 cm³/mol. The molecule has 0 aliphatic heterocycles. The lowest BCUT2D eigenvalue weighted by molar-refractivity contribution is 0.340.